The molecule has 2 atom stereocenters. The number of hydrogen-bond donors (Lipinski definition) is 2. The summed E-state index contributed by atoms with van der Waals surface area (Å²) in [5.74, 6) is 0.675. The zero-order chi connectivity index (χ0) is 25.9. The molecule has 4 aromatic rings. The number of aromatic nitrogens is 2. The van der Waals surface area contributed by atoms with Crippen molar-refractivity contribution in [2.45, 2.75) is 25.9 Å². The van der Waals surface area contributed by atoms with Crippen LogP contribution in [-0.2, 0) is 4.79 Å². The Kier molecular flexibility index (Phi) is 6.92. The Hall–Kier alpha value is -4.17. The number of hydrogen-bond acceptors (Lipinski definition) is 4. The van der Waals surface area contributed by atoms with Crippen molar-refractivity contribution >= 4 is 28.9 Å². The zero-order valence-corrected chi connectivity index (χ0v) is 21.8. The second-order valence-corrected chi connectivity index (χ2v) is 9.42. The van der Waals surface area contributed by atoms with Crippen LogP contribution in [0.25, 0.3) is 5.69 Å². The smallest absolute Gasteiger partial charge is 0.244 e. The Morgan fingerprint density at radius 2 is 1.78 bits per heavy atom. The summed E-state index contributed by atoms with van der Waals surface area (Å²) in [6.07, 6.45) is 1.78. The first-order chi connectivity index (χ1) is 18.0. The Morgan fingerprint density at radius 3 is 2.46 bits per heavy atom. The molecule has 0 spiro atoms. The Labute approximate surface area is 222 Å². The number of carbonyl (C=O) groups is 1. The summed E-state index contributed by atoms with van der Waals surface area (Å²) in [7, 11) is 1.66. The molecule has 3 heterocycles. The maximum Gasteiger partial charge on any atom is 0.244 e. The first-order valence-electron chi connectivity index (χ1n) is 12.1. The van der Waals surface area contributed by atoms with Crippen LogP contribution >= 0.6 is 12.2 Å². The van der Waals surface area contributed by atoms with E-state index < -0.39 is 0 Å². The third-order valence-electron chi connectivity index (χ3n) is 6.69. The predicted octanol–water partition coefficient (Wildman–Crippen LogP) is 5.11. The highest BCUT2D eigenvalue weighted by molar-refractivity contribution is 7.80. The van der Waals surface area contributed by atoms with Crippen molar-refractivity contribution in [1.29, 1.82) is 0 Å². The van der Waals surface area contributed by atoms with Crippen molar-refractivity contribution in [3.63, 3.8) is 0 Å². The van der Waals surface area contributed by atoms with Gasteiger partial charge in [0.2, 0.25) is 5.91 Å². The topological polar surface area (TPSA) is 71.4 Å². The number of thiocarbonyl (C=S) groups is 1. The summed E-state index contributed by atoms with van der Waals surface area (Å²) in [6.45, 7) is 4.30. The molecule has 2 aromatic carbocycles. The van der Waals surface area contributed by atoms with E-state index in [0.29, 0.717) is 5.11 Å². The molecule has 2 aromatic heterocycles. The molecule has 1 amide bonds. The Bertz CT molecular complexity index is 1400. The fraction of sp³-hybridized carbons (Fsp3) is 0.207. The van der Waals surface area contributed by atoms with Gasteiger partial charge in [-0.05, 0) is 86.2 Å². The molecular formula is C29H29N5O2S. The molecule has 1 saturated heterocycles. The number of carbonyl (C=O) groups excluding carboxylic acids is 1. The van der Waals surface area contributed by atoms with Gasteiger partial charge in [-0.2, -0.15) is 0 Å². The van der Waals surface area contributed by atoms with E-state index in [-0.39, 0.29) is 24.5 Å². The third-order valence-corrected chi connectivity index (χ3v) is 7.04. The number of para-hydroxylation sites is 1. The van der Waals surface area contributed by atoms with E-state index >= 15 is 0 Å². The average molecular weight is 512 g/mol. The second-order valence-electron chi connectivity index (χ2n) is 9.03. The largest absolute Gasteiger partial charge is 0.497 e. The van der Waals surface area contributed by atoms with Gasteiger partial charge in [0, 0.05) is 29.0 Å². The van der Waals surface area contributed by atoms with E-state index in [2.05, 4.69) is 40.1 Å². The first kappa shape index (κ1) is 24.5. The number of ether oxygens (including phenoxy) is 1. The number of anilines is 1. The van der Waals surface area contributed by atoms with Crippen LogP contribution in [0.2, 0.25) is 0 Å². The molecule has 0 bridgehead atoms. The van der Waals surface area contributed by atoms with Crippen molar-refractivity contribution in [3.8, 4) is 11.4 Å². The van der Waals surface area contributed by atoms with Crippen molar-refractivity contribution in [3.05, 3.63) is 108 Å². The number of rotatable bonds is 7. The van der Waals surface area contributed by atoms with Crippen LogP contribution in [0.15, 0.2) is 85.1 Å². The van der Waals surface area contributed by atoms with Crippen LogP contribution in [0.1, 0.15) is 34.7 Å². The molecule has 8 heteroatoms. The first-order valence-corrected chi connectivity index (χ1v) is 12.5. The molecule has 1 aliphatic rings. The van der Waals surface area contributed by atoms with Crippen molar-refractivity contribution in [2.24, 2.45) is 0 Å². The minimum absolute atomic E-state index is 0.112. The van der Waals surface area contributed by atoms with Gasteiger partial charge >= 0.3 is 0 Å². The highest BCUT2D eigenvalue weighted by Gasteiger charge is 2.42. The number of aryl methyl sites for hydroxylation is 1. The van der Waals surface area contributed by atoms with E-state index in [4.69, 9.17) is 17.0 Å². The lowest BCUT2D eigenvalue weighted by Crippen LogP contribution is -2.37. The summed E-state index contributed by atoms with van der Waals surface area (Å²) < 4.78 is 7.55. The summed E-state index contributed by atoms with van der Waals surface area (Å²) in [5, 5.41) is 6.95. The van der Waals surface area contributed by atoms with Crippen LogP contribution in [0.3, 0.4) is 0 Å². The maximum atomic E-state index is 13.1. The summed E-state index contributed by atoms with van der Waals surface area (Å²) in [4.78, 5) is 19.7. The fourth-order valence-electron chi connectivity index (χ4n) is 5.01. The van der Waals surface area contributed by atoms with E-state index in [1.165, 1.54) is 0 Å². The SMILES string of the molecule is COc1ccc(-n2c(C)cc([C@@H]3[C@H](c4ccccn4)NC(=S)N3CC(=O)Nc3ccccc3)c2C)cc1. The van der Waals surface area contributed by atoms with Crippen LogP contribution in [0.4, 0.5) is 5.69 Å². The summed E-state index contributed by atoms with van der Waals surface area (Å²) in [6, 6.07) is 25.0. The van der Waals surface area contributed by atoms with Gasteiger partial charge in [-0.15, -0.1) is 0 Å². The van der Waals surface area contributed by atoms with E-state index in [9.17, 15) is 4.79 Å². The van der Waals surface area contributed by atoms with Crippen LogP contribution < -0.4 is 15.4 Å². The molecule has 0 saturated carbocycles. The summed E-state index contributed by atoms with van der Waals surface area (Å²) in [5.41, 5.74) is 5.91. The third kappa shape index (κ3) is 4.93. The number of amides is 1. The zero-order valence-electron chi connectivity index (χ0n) is 21.0. The van der Waals surface area contributed by atoms with Gasteiger partial charge in [-0.1, -0.05) is 24.3 Å². The van der Waals surface area contributed by atoms with E-state index in [1.807, 2.05) is 77.7 Å². The van der Waals surface area contributed by atoms with E-state index in [1.54, 1.807) is 13.3 Å². The van der Waals surface area contributed by atoms with Gasteiger partial charge in [0.05, 0.1) is 24.9 Å². The second kappa shape index (κ2) is 10.4. The van der Waals surface area contributed by atoms with Gasteiger partial charge in [-0.3, -0.25) is 9.78 Å². The monoisotopic (exact) mass is 511 g/mol. The lowest BCUT2D eigenvalue weighted by Gasteiger charge is -2.27. The number of benzene rings is 2. The van der Waals surface area contributed by atoms with Crippen LogP contribution in [0, 0.1) is 13.8 Å². The molecule has 1 aliphatic heterocycles. The molecule has 188 valence electrons. The lowest BCUT2D eigenvalue weighted by molar-refractivity contribution is -0.116. The van der Waals surface area contributed by atoms with E-state index in [0.717, 1.165) is 39.8 Å². The van der Waals surface area contributed by atoms with Crippen molar-refractivity contribution in [2.75, 3.05) is 19.0 Å². The van der Waals surface area contributed by atoms with Gasteiger partial charge in [-0.25, -0.2) is 0 Å². The summed E-state index contributed by atoms with van der Waals surface area (Å²) >= 11 is 5.77. The normalized spacial score (nSPS) is 16.9. The van der Waals surface area contributed by atoms with Gasteiger partial charge in [0.15, 0.2) is 5.11 Å². The molecule has 5 rings (SSSR count). The molecule has 0 aliphatic carbocycles. The Morgan fingerprint density at radius 1 is 1.05 bits per heavy atom. The number of nitrogens with zero attached hydrogens (tertiary/aromatic N) is 3. The van der Waals surface area contributed by atoms with Gasteiger partial charge in [0.1, 0.15) is 12.3 Å². The average Bonchev–Trinajstić information content (AvgIpc) is 3.39. The molecule has 7 nitrogen and oxygen atoms in total. The number of nitrogens with one attached hydrogen (secondary N) is 2. The van der Waals surface area contributed by atoms with Crippen LogP contribution in [0.5, 0.6) is 5.75 Å². The highest BCUT2D eigenvalue weighted by atomic mass is 32.1. The number of methoxy groups -OCH3 is 1. The van der Waals surface area contributed by atoms with Gasteiger partial charge < -0.3 is 24.8 Å². The molecule has 0 unspecified atom stereocenters. The molecule has 2 N–H and O–H groups in total. The lowest BCUT2D eigenvalue weighted by atomic mass is 9.96. The molecule has 1 fully saturated rings. The molecule has 0 radical (unpaired) electrons. The van der Waals surface area contributed by atoms with Crippen LogP contribution in [-0.4, -0.2) is 39.1 Å². The quantitative estimate of drug-likeness (QED) is 0.336. The molecule has 37 heavy (non-hydrogen) atoms. The maximum absolute atomic E-state index is 13.1. The minimum atomic E-state index is -0.220. The fourth-order valence-corrected chi connectivity index (χ4v) is 5.31. The number of pyridine rings is 1. The highest BCUT2D eigenvalue weighted by Crippen LogP contribution is 2.41. The van der Waals surface area contributed by atoms with Gasteiger partial charge in [0.25, 0.3) is 0 Å². The Balaban J connectivity index is 1.53. The van der Waals surface area contributed by atoms with Crippen molar-refractivity contribution in [1.82, 2.24) is 19.8 Å². The molecular weight excluding hydrogens is 482 g/mol. The minimum Gasteiger partial charge on any atom is -0.497 e. The standard InChI is InChI=1S/C29H29N5O2S/c1-19-17-24(20(2)34(19)22-12-14-23(36-3)15-13-22)28-27(25-11-7-8-16-30-25)32-29(37)33(28)18-26(35)31-21-9-5-4-6-10-21/h4-17,27-28H,18H2,1-3H3,(H,31,35)(H,32,37)/t27-,28+/m0/s1. The van der Waals surface area contributed by atoms with Crippen molar-refractivity contribution < 1.29 is 9.53 Å². The predicted molar refractivity (Wildman–Crippen MR) is 149 cm³/mol.